The first-order valence-corrected chi connectivity index (χ1v) is 7.67. The van der Waals surface area contributed by atoms with E-state index in [9.17, 15) is 0 Å². The van der Waals surface area contributed by atoms with E-state index in [1.165, 1.54) is 11.1 Å². The Balaban J connectivity index is 2.44. The summed E-state index contributed by atoms with van der Waals surface area (Å²) >= 11 is 6.48. The van der Waals surface area contributed by atoms with Crippen LogP contribution in [0.3, 0.4) is 0 Å². The van der Waals surface area contributed by atoms with Gasteiger partial charge in [-0.15, -0.1) is 0 Å². The van der Waals surface area contributed by atoms with Crippen molar-refractivity contribution in [3.63, 3.8) is 0 Å². The zero-order valence-electron chi connectivity index (χ0n) is 12.6. The van der Waals surface area contributed by atoms with E-state index in [1.54, 1.807) is 7.11 Å². The van der Waals surface area contributed by atoms with E-state index in [0.717, 1.165) is 29.2 Å². The molecular formula is C18H22ClNO. The van der Waals surface area contributed by atoms with Crippen molar-refractivity contribution >= 4 is 11.6 Å². The summed E-state index contributed by atoms with van der Waals surface area (Å²) in [6, 6.07) is 14.2. The molecule has 0 aromatic heterocycles. The highest BCUT2D eigenvalue weighted by Crippen LogP contribution is 2.37. The first-order valence-electron chi connectivity index (χ1n) is 7.29. The van der Waals surface area contributed by atoms with Crippen molar-refractivity contribution in [2.45, 2.75) is 25.7 Å². The molecule has 0 saturated heterocycles. The smallest absolute Gasteiger partial charge is 0.122 e. The third kappa shape index (κ3) is 3.58. The SMILES string of the molecule is COc1ccccc1C(C)c1c(Cl)cccc1CCCN. The monoisotopic (exact) mass is 303 g/mol. The fourth-order valence-electron chi connectivity index (χ4n) is 2.76. The molecule has 0 aliphatic heterocycles. The van der Waals surface area contributed by atoms with Crippen LogP contribution in [-0.2, 0) is 6.42 Å². The molecule has 0 aliphatic rings. The van der Waals surface area contributed by atoms with E-state index >= 15 is 0 Å². The van der Waals surface area contributed by atoms with Gasteiger partial charge in [0.2, 0.25) is 0 Å². The van der Waals surface area contributed by atoms with E-state index in [4.69, 9.17) is 22.1 Å². The predicted octanol–water partition coefficient (Wildman–Crippen LogP) is 4.39. The van der Waals surface area contributed by atoms with Gasteiger partial charge in [-0.25, -0.2) is 0 Å². The molecule has 2 aromatic rings. The summed E-state index contributed by atoms with van der Waals surface area (Å²) in [5, 5.41) is 0.808. The van der Waals surface area contributed by atoms with Crippen LogP contribution < -0.4 is 10.5 Å². The lowest BCUT2D eigenvalue weighted by Crippen LogP contribution is -2.06. The summed E-state index contributed by atoms with van der Waals surface area (Å²) in [6.45, 7) is 2.86. The number of halogens is 1. The van der Waals surface area contributed by atoms with Crippen LogP contribution in [0.4, 0.5) is 0 Å². The Bertz CT molecular complexity index is 598. The summed E-state index contributed by atoms with van der Waals surface area (Å²) in [7, 11) is 1.70. The molecule has 1 atom stereocenters. The van der Waals surface area contributed by atoms with E-state index < -0.39 is 0 Å². The lowest BCUT2D eigenvalue weighted by atomic mass is 9.87. The van der Waals surface area contributed by atoms with Crippen molar-refractivity contribution in [2.75, 3.05) is 13.7 Å². The van der Waals surface area contributed by atoms with Crippen molar-refractivity contribution in [2.24, 2.45) is 5.73 Å². The lowest BCUT2D eigenvalue weighted by molar-refractivity contribution is 0.408. The largest absolute Gasteiger partial charge is 0.496 e. The molecule has 0 radical (unpaired) electrons. The summed E-state index contributed by atoms with van der Waals surface area (Å²) in [5.74, 6) is 1.08. The summed E-state index contributed by atoms with van der Waals surface area (Å²) in [6.07, 6.45) is 1.91. The molecular weight excluding hydrogens is 282 g/mol. The number of nitrogens with two attached hydrogens (primary N) is 1. The number of aryl methyl sites for hydroxylation is 1. The highest BCUT2D eigenvalue weighted by molar-refractivity contribution is 6.31. The van der Waals surface area contributed by atoms with E-state index in [2.05, 4.69) is 19.1 Å². The maximum Gasteiger partial charge on any atom is 0.122 e. The molecule has 112 valence electrons. The molecule has 0 spiro atoms. The standard InChI is InChI=1S/C18H22ClNO/c1-13(15-9-3-4-11-17(15)21-2)18-14(8-6-12-20)7-5-10-16(18)19/h3-5,7,9-11,13H,6,8,12,20H2,1-2H3. The molecule has 0 bridgehead atoms. The number of ether oxygens (including phenoxy) is 1. The summed E-state index contributed by atoms with van der Waals surface area (Å²) < 4.78 is 5.49. The Morgan fingerprint density at radius 3 is 2.62 bits per heavy atom. The predicted molar refractivity (Wildman–Crippen MR) is 89.3 cm³/mol. The molecule has 0 aliphatic carbocycles. The third-order valence-electron chi connectivity index (χ3n) is 3.83. The molecule has 0 amide bonds. The molecule has 1 unspecified atom stereocenters. The van der Waals surface area contributed by atoms with E-state index in [0.29, 0.717) is 6.54 Å². The van der Waals surface area contributed by atoms with Gasteiger partial charge in [0.1, 0.15) is 5.75 Å². The van der Waals surface area contributed by atoms with Crippen LogP contribution >= 0.6 is 11.6 Å². The van der Waals surface area contributed by atoms with Crippen LogP contribution in [0.5, 0.6) is 5.75 Å². The molecule has 0 heterocycles. The van der Waals surface area contributed by atoms with Gasteiger partial charge in [0.15, 0.2) is 0 Å². The van der Waals surface area contributed by atoms with Gasteiger partial charge in [0.25, 0.3) is 0 Å². The number of rotatable bonds is 6. The molecule has 2 aromatic carbocycles. The normalized spacial score (nSPS) is 12.2. The minimum absolute atomic E-state index is 0.183. The molecule has 0 saturated carbocycles. The first kappa shape index (κ1) is 15.9. The van der Waals surface area contributed by atoms with Crippen molar-refractivity contribution in [1.29, 1.82) is 0 Å². The van der Waals surface area contributed by atoms with Gasteiger partial charge in [0.05, 0.1) is 7.11 Å². The van der Waals surface area contributed by atoms with Gasteiger partial charge in [-0.2, -0.15) is 0 Å². The van der Waals surface area contributed by atoms with Crippen LogP contribution in [-0.4, -0.2) is 13.7 Å². The van der Waals surface area contributed by atoms with Gasteiger partial charge in [0, 0.05) is 16.5 Å². The number of methoxy groups -OCH3 is 1. The van der Waals surface area contributed by atoms with Crippen molar-refractivity contribution in [1.82, 2.24) is 0 Å². The van der Waals surface area contributed by atoms with E-state index in [1.807, 2.05) is 30.3 Å². The van der Waals surface area contributed by atoms with Crippen molar-refractivity contribution < 1.29 is 4.74 Å². The molecule has 2 rings (SSSR count). The van der Waals surface area contributed by atoms with Gasteiger partial charge in [-0.1, -0.05) is 48.9 Å². The minimum atomic E-state index is 0.183. The second-order valence-electron chi connectivity index (χ2n) is 5.17. The zero-order chi connectivity index (χ0) is 15.2. The maximum atomic E-state index is 6.48. The quantitative estimate of drug-likeness (QED) is 0.859. The average molecular weight is 304 g/mol. The van der Waals surface area contributed by atoms with Crippen LogP contribution in [0.25, 0.3) is 0 Å². The molecule has 21 heavy (non-hydrogen) atoms. The van der Waals surface area contributed by atoms with Gasteiger partial charge >= 0.3 is 0 Å². The molecule has 0 fully saturated rings. The fourth-order valence-corrected chi connectivity index (χ4v) is 3.11. The van der Waals surface area contributed by atoms with Gasteiger partial charge < -0.3 is 10.5 Å². The second-order valence-corrected chi connectivity index (χ2v) is 5.58. The average Bonchev–Trinajstić information content (AvgIpc) is 2.52. The topological polar surface area (TPSA) is 35.2 Å². The van der Waals surface area contributed by atoms with Crippen LogP contribution in [0, 0.1) is 0 Å². The minimum Gasteiger partial charge on any atom is -0.496 e. The third-order valence-corrected chi connectivity index (χ3v) is 4.16. The Kier molecular flexibility index (Phi) is 5.66. The summed E-state index contributed by atoms with van der Waals surface area (Å²) in [4.78, 5) is 0. The Morgan fingerprint density at radius 2 is 1.90 bits per heavy atom. The fraction of sp³-hybridized carbons (Fsp3) is 0.333. The Morgan fingerprint density at radius 1 is 1.14 bits per heavy atom. The first-order chi connectivity index (χ1) is 10.2. The number of para-hydroxylation sites is 1. The summed E-state index contributed by atoms with van der Waals surface area (Å²) in [5.41, 5.74) is 9.25. The highest BCUT2D eigenvalue weighted by Gasteiger charge is 2.18. The van der Waals surface area contributed by atoms with Crippen molar-refractivity contribution in [3.05, 3.63) is 64.2 Å². The molecule has 2 N–H and O–H groups in total. The Hall–Kier alpha value is -1.51. The lowest BCUT2D eigenvalue weighted by Gasteiger charge is -2.20. The maximum absolute atomic E-state index is 6.48. The van der Waals surface area contributed by atoms with Gasteiger partial charge in [-0.05, 0) is 42.6 Å². The second kappa shape index (κ2) is 7.48. The van der Waals surface area contributed by atoms with E-state index in [-0.39, 0.29) is 5.92 Å². The number of benzene rings is 2. The van der Waals surface area contributed by atoms with Crippen molar-refractivity contribution in [3.8, 4) is 5.75 Å². The molecule has 2 nitrogen and oxygen atoms in total. The highest BCUT2D eigenvalue weighted by atomic mass is 35.5. The number of hydrogen-bond acceptors (Lipinski definition) is 2. The number of hydrogen-bond donors (Lipinski definition) is 1. The van der Waals surface area contributed by atoms with Crippen LogP contribution in [0.2, 0.25) is 5.02 Å². The molecule has 3 heteroatoms. The van der Waals surface area contributed by atoms with Gasteiger partial charge in [-0.3, -0.25) is 0 Å². The van der Waals surface area contributed by atoms with Crippen LogP contribution in [0.15, 0.2) is 42.5 Å². The van der Waals surface area contributed by atoms with Crippen LogP contribution in [0.1, 0.15) is 36.0 Å². The Labute approximate surface area is 131 Å². The zero-order valence-corrected chi connectivity index (χ0v) is 13.4.